The van der Waals surface area contributed by atoms with Gasteiger partial charge in [0.15, 0.2) is 0 Å². The van der Waals surface area contributed by atoms with Crippen molar-refractivity contribution in [2.75, 3.05) is 0 Å². The highest BCUT2D eigenvalue weighted by atomic mass is 19.4. The van der Waals surface area contributed by atoms with Gasteiger partial charge in [-0.25, -0.2) is 4.79 Å². The van der Waals surface area contributed by atoms with E-state index in [4.69, 9.17) is 0 Å². The van der Waals surface area contributed by atoms with Crippen LogP contribution in [0.15, 0.2) is 0 Å². The molecule has 0 fully saturated rings. The molecule has 0 saturated carbocycles. The normalized spacial score (nSPS) is 15.5. The smallest absolute Gasteiger partial charge is 0.410 e. The summed E-state index contributed by atoms with van der Waals surface area (Å²) in [6, 6.07) is 0. The van der Waals surface area contributed by atoms with E-state index >= 15 is 0 Å². The van der Waals surface area contributed by atoms with Gasteiger partial charge in [0, 0.05) is 13.8 Å². The molecule has 0 rings (SSSR count). The number of halogens is 13. The maximum absolute atomic E-state index is 13.2. The van der Waals surface area contributed by atoms with Gasteiger partial charge in [-0.05, 0) is 0 Å². The fourth-order valence-electron chi connectivity index (χ4n) is 1.40. The first-order chi connectivity index (χ1) is 10.5. The summed E-state index contributed by atoms with van der Waals surface area (Å²) in [5.41, 5.74) is 0. The first-order valence-corrected chi connectivity index (χ1v) is 5.69. The Morgan fingerprint density at radius 3 is 1.28 bits per heavy atom. The van der Waals surface area contributed by atoms with Crippen molar-refractivity contribution in [1.82, 2.24) is 0 Å². The molecular formula is C10H7F13O2. The summed E-state index contributed by atoms with van der Waals surface area (Å²) in [7, 11) is 0. The lowest BCUT2D eigenvalue weighted by molar-refractivity contribution is -0.399. The van der Waals surface area contributed by atoms with Crippen LogP contribution in [0.2, 0.25) is 0 Å². The zero-order valence-electron chi connectivity index (χ0n) is 11.8. The van der Waals surface area contributed by atoms with Crippen LogP contribution >= 0.6 is 0 Å². The van der Waals surface area contributed by atoms with Crippen LogP contribution in [0, 0.1) is 5.92 Å². The first kappa shape index (κ1) is 23.6. The second-order valence-corrected chi connectivity index (χ2v) is 5.04. The molecule has 0 amide bonds. The Balaban J connectivity index is 6.22. The zero-order chi connectivity index (χ0) is 20.9. The fourth-order valence-corrected chi connectivity index (χ4v) is 1.40. The SMILES string of the molecule is CC(C)(F)OC(=O)C(F)(F)C(F)(F)C(F)(F)C(C(F)(F)F)C(F)(F)F. The highest BCUT2D eigenvalue weighted by Gasteiger charge is 2.85. The quantitative estimate of drug-likeness (QED) is 0.481. The van der Waals surface area contributed by atoms with Gasteiger partial charge in [-0.1, -0.05) is 0 Å². The predicted octanol–water partition coefficient (Wildman–Crippen LogP) is 4.88. The third-order valence-electron chi connectivity index (χ3n) is 2.42. The van der Waals surface area contributed by atoms with Gasteiger partial charge in [0.2, 0.25) is 11.8 Å². The molecule has 2 nitrogen and oxygen atoms in total. The molecular weight excluding hydrogens is 399 g/mol. The summed E-state index contributed by atoms with van der Waals surface area (Å²) in [6.45, 7) is 0.289. The monoisotopic (exact) mass is 406 g/mol. The molecule has 0 aromatic carbocycles. The molecule has 0 spiro atoms. The van der Waals surface area contributed by atoms with Crippen molar-refractivity contribution in [3.63, 3.8) is 0 Å². The van der Waals surface area contributed by atoms with Crippen LogP contribution in [0.3, 0.4) is 0 Å². The van der Waals surface area contributed by atoms with Gasteiger partial charge in [-0.3, -0.25) is 0 Å². The largest absolute Gasteiger partial charge is 0.425 e. The standard InChI is InChI=1S/C10H7F13O2/c1-5(2,11)25-4(24)7(14,15)10(22,23)6(12,13)3(8(16,17)18)9(19,20)21/h3H,1-2H3. The lowest BCUT2D eigenvalue weighted by atomic mass is 9.90. The molecule has 0 saturated heterocycles. The average Bonchev–Trinajstić information content (AvgIpc) is 2.20. The van der Waals surface area contributed by atoms with Crippen molar-refractivity contribution in [1.29, 1.82) is 0 Å². The molecule has 0 atom stereocenters. The maximum Gasteiger partial charge on any atom is 0.410 e. The second-order valence-electron chi connectivity index (χ2n) is 5.04. The summed E-state index contributed by atoms with van der Waals surface area (Å²) < 4.78 is 168. The van der Waals surface area contributed by atoms with Crippen LogP contribution in [0.1, 0.15) is 13.8 Å². The van der Waals surface area contributed by atoms with Crippen molar-refractivity contribution < 1.29 is 66.6 Å². The molecule has 0 aliphatic rings. The minimum atomic E-state index is -7.54. The minimum absolute atomic E-state index is 0.144. The van der Waals surface area contributed by atoms with Gasteiger partial charge >= 0.3 is 36.1 Å². The van der Waals surface area contributed by atoms with Crippen LogP contribution in [-0.4, -0.2) is 41.9 Å². The third kappa shape index (κ3) is 4.59. The molecule has 0 unspecified atom stereocenters. The van der Waals surface area contributed by atoms with Crippen LogP contribution < -0.4 is 0 Å². The summed E-state index contributed by atoms with van der Waals surface area (Å²) in [5.74, 6) is -35.5. The highest BCUT2D eigenvalue weighted by molar-refractivity contribution is 5.79. The lowest BCUT2D eigenvalue weighted by Crippen LogP contribution is -2.66. The van der Waals surface area contributed by atoms with Crippen molar-refractivity contribution >= 4 is 5.97 Å². The fraction of sp³-hybridized carbons (Fsp3) is 0.900. The van der Waals surface area contributed by atoms with Gasteiger partial charge < -0.3 is 4.74 Å². The Bertz CT molecular complexity index is 482. The van der Waals surface area contributed by atoms with E-state index in [1.165, 1.54) is 0 Å². The lowest BCUT2D eigenvalue weighted by Gasteiger charge is -2.37. The van der Waals surface area contributed by atoms with Crippen molar-refractivity contribution in [3.05, 3.63) is 0 Å². The molecule has 0 aromatic heterocycles. The van der Waals surface area contributed by atoms with Crippen LogP contribution in [0.25, 0.3) is 0 Å². The molecule has 0 bridgehead atoms. The molecule has 0 radical (unpaired) electrons. The highest BCUT2D eigenvalue weighted by Crippen LogP contribution is 2.57. The number of hydrogen-bond donors (Lipinski definition) is 0. The Morgan fingerprint density at radius 2 is 1.04 bits per heavy atom. The van der Waals surface area contributed by atoms with Crippen LogP contribution in [-0.2, 0) is 9.53 Å². The van der Waals surface area contributed by atoms with Gasteiger partial charge in [0.1, 0.15) is 0 Å². The summed E-state index contributed by atoms with van der Waals surface area (Å²) in [5, 5.41) is 0. The number of ether oxygens (including phenoxy) is 1. The number of hydrogen-bond acceptors (Lipinski definition) is 2. The van der Waals surface area contributed by atoms with E-state index in [0.29, 0.717) is 0 Å². The van der Waals surface area contributed by atoms with Gasteiger partial charge in [0.25, 0.3) is 0 Å². The van der Waals surface area contributed by atoms with Crippen molar-refractivity contribution in [2.45, 2.75) is 49.8 Å². The Labute approximate surface area is 129 Å². The second kappa shape index (κ2) is 6.07. The molecule has 0 aliphatic heterocycles. The zero-order valence-corrected chi connectivity index (χ0v) is 11.8. The minimum Gasteiger partial charge on any atom is -0.425 e. The summed E-state index contributed by atoms with van der Waals surface area (Å²) in [4.78, 5) is 10.7. The molecule has 0 aromatic rings. The third-order valence-corrected chi connectivity index (χ3v) is 2.42. The van der Waals surface area contributed by atoms with Crippen molar-refractivity contribution in [3.8, 4) is 0 Å². The molecule has 0 N–H and O–H groups in total. The van der Waals surface area contributed by atoms with Crippen molar-refractivity contribution in [2.24, 2.45) is 5.92 Å². The van der Waals surface area contributed by atoms with E-state index in [1.54, 1.807) is 0 Å². The van der Waals surface area contributed by atoms with Crippen LogP contribution in [0.5, 0.6) is 0 Å². The number of alkyl halides is 13. The van der Waals surface area contributed by atoms with E-state index in [1.807, 2.05) is 0 Å². The predicted molar refractivity (Wildman–Crippen MR) is 51.7 cm³/mol. The average molecular weight is 406 g/mol. The van der Waals surface area contributed by atoms with Gasteiger partial charge in [-0.15, -0.1) is 0 Å². The molecule has 15 heteroatoms. The molecule has 0 heterocycles. The molecule has 0 aliphatic carbocycles. The maximum atomic E-state index is 13.2. The Hall–Kier alpha value is -1.44. The number of carbonyl (C=O) groups is 1. The van der Waals surface area contributed by atoms with E-state index < -0.39 is 47.9 Å². The number of rotatable bonds is 5. The van der Waals surface area contributed by atoms with E-state index in [2.05, 4.69) is 4.74 Å². The van der Waals surface area contributed by atoms with Gasteiger partial charge in [0.05, 0.1) is 0 Å². The van der Waals surface area contributed by atoms with E-state index in [9.17, 15) is 61.9 Å². The van der Waals surface area contributed by atoms with E-state index in [0.717, 1.165) is 0 Å². The Kier molecular flexibility index (Phi) is 5.72. The molecule has 25 heavy (non-hydrogen) atoms. The van der Waals surface area contributed by atoms with Crippen LogP contribution in [0.4, 0.5) is 57.1 Å². The number of carbonyl (C=O) groups excluding carboxylic acids is 1. The summed E-state index contributed by atoms with van der Waals surface area (Å²) >= 11 is 0. The number of esters is 1. The first-order valence-electron chi connectivity index (χ1n) is 5.69. The molecule has 150 valence electrons. The van der Waals surface area contributed by atoms with Gasteiger partial charge in [-0.2, -0.15) is 57.1 Å². The topological polar surface area (TPSA) is 26.3 Å². The summed E-state index contributed by atoms with van der Waals surface area (Å²) in [6.07, 6.45) is -14.3. The Morgan fingerprint density at radius 1 is 0.720 bits per heavy atom. The van der Waals surface area contributed by atoms with E-state index in [-0.39, 0.29) is 13.8 Å².